The molecule has 0 saturated carbocycles. The lowest BCUT2D eigenvalue weighted by molar-refractivity contribution is -0.384. The van der Waals surface area contributed by atoms with E-state index in [1.165, 1.54) is 7.11 Å². The highest BCUT2D eigenvalue weighted by Crippen LogP contribution is 2.31. The molecule has 1 rings (SSSR count). The monoisotopic (exact) mass is 226 g/mol. The summed E-state index contributed by atoms with van der Waals surface area (Å²) in [6.07, 6.45) is 0. The van der Waals surface area contributed by atoms with Crippen LogP contribution in [0.4, 0.5) is 11.4 Å². The zero-order valence-corrected chi connectivity index (χ0v) is 8.72. The third kappa shape index (κ3) is 2.02. The van der Waals surface area contributed by atoms with E-state index in [1.54, 1.807) is 0 Å². The summed E-state index contributed by atoms with van der Waals surface area (Å²) in [5.41, 5.74) is 5.17. The van der Waals surface area contributed by atoms with Gasteiger partial charge in [-0.25, -0.2) is 4.79 Å². The number of rotatable bonds is 3. The summed E-state index contributed by atoms with van der Waals surface area (Å²) in [7, 11) is 2.47. The van der Waals surface area contributed by atoms with E-state index in [1.807, 2.05) is 0 Å². The van der Waals surface area contributed by atoms with Crippen molar-refractivity contribution in [1.29, 1.82) is 0 Å². The second-order valence-corrected chi connectivity index (χ2v) is 2.86. The summed E-state index contributed by atoms with van der Waals surface area (Å²) in [4.78, 5) is 21.3. The largest absolute Gasteiger partial charge is 0.494 e. The Labute approximate surface area is 90.9 Å². The van der Waals surface area contributed by atoms with Crippen LogP contribution in [0, 0.1) is 10.1 Å². The van der Waals surface area contributed by atoms with Crippen LogP contribution in [0.5, 0.6) is 5.75 Å². The lowest BCUT2D eigenvalue weighted by atomic mass is 10.1. The molecule has 7 heteroatoms. The van der Waals surface area contributed by atoms with E-state index in [4.69, 9.17) is 10.5 Å². The van der Waals surface area contributed by atoms with E-state index in [0.717, 1.165) is 19.2 Å². The molecular weight excluding hydrogens is 216 g/mol. The Morgan fingerprint density at radius 1 is 1.44 bits per heavy atom. The minimum absolute atomic E-state index is 0.0112. The summed E-state index contributed by atoms with van der Waals surface area (Å²) in [5, 5.41) is 10.6. The molecule has 0 radical (unpaired) electrons. The molecular formula is C9H10N2O5. The molecule has 0 aliphatic heterocycles. The van der Waals surface area contributed by atoms with Crippen molar-refractivity contribution >= 4 is 17.3 Å². The van der Waals surface area contributed by atoms with E-state index in [9.17, 15) is 14.9 Å². The maximum atomic E-state index is 11.3. The van der Waals surface area contributed by atoms with E-state index >= 15 is 0 Å². The number of nitrogen functional groups attached to an aromatic ring is 1. The van der Waals surface area contributed by atoms with Crippen molar-refractivity contribution in [2.45, 2.75) is 0 Å². The van der Waals surface area contributed by atoms with Crippen LogP contribution in [0.25, 0.3) is 0 Å². The van der Waals surface area contributed by atoms with Gasteiger partial charge in [-0.3, -0.25) is 10.1 Å². The first-order chi connectivity index (χ1) is 7.51. The predicted molar refractivity (Wildman–Crippen MR) is 55.4 cm³/mol. The van der Waals surface area contributed by atoms with Gasteiger partial charge in [0.1, 0.15) is 5.56 Å². The Bertz CT molecular complexity index is 444. The molecule has 0 bridgehead atoms. The lowest BCUT2D eigenvalue weighted by Gasteiger charge is -2.09. The summed E-state index contributed by atoms with van der Waals surface area (Å²) in [6.45, 7) is 0. The van der Waals surface area contributed by atoms with Crippen molar-refractivity contribution in [3.8, 4) is 5.75 Å². The number of nitrogens with two attached hydrogens (primary N) is 1. The predicted octanol–water partition coefficient (Wildman–Crippen LogP) is 0.972. The van der Waals surface area contributed by atoms with Gasteiger partial charge in [-0.1, -0.05) is 0 Å². The van der Waals surface area contributed by atoms with Gasteiger partial charge in [0.05, 0.1) is 24.8 Å². The molecule has 0 aliphatic rings. The van der Waals surface area contributed by atoms with Crippen LogP contribution in [0.3, 0.4) is 0 Å². The number of anilines is 1. The van der Waals surface area contributed by atoms with Crippen molar-refractivity contribution in [3.05, 3.63) is 27.8 Å². The van der Waals surface area contributed by atoms with Crippen molar-refractivity contribution in [3.63, 3.8) is 0 Å². The average Bonchev–Trinajstić information content (AvgIpc) is 2.26. The van der Waals surface area contributed by atoms with Gasteiger partial charge in [-0.05, 0) is 0 Å². The van der Waals surface area contributed by atoms with Crippen LogP contribution >= 0.6 is 0 Å². The van der Waals surface area contributed by atoms with Crippen molar-refractivity contribution in [2.24, 2.45) is 0 Å². The fourth-order valence-electron chi connectivity index (χ4n) is 1.23. The summed E-state index contributed by atoms with van der Waals surface area (Å²) < 4.78 is 9.36. The molecule has 0 heterocycles. The number of methoxy groups -OCH3 is 2. The molecule has 86 valence electrons. The maximum Gasteiger partial charge on any atom is 0.341 e. The Morgan fingerprint density at radius 2 is 2.06 bits per heavy atom. The van der Waals surface area contributed by atoms with Gasteiger partial charge in [0.15, 0.2) is 5.75 Å². The molecule has 1 aromatic carbocycles. The molecule has 0 aliphatic carbocycles. The van der Waals surface area contributed by atoms with Gasteiger partial charge >= 0.3 is 5.97 Å². The van der Waals surface area contributed by atoms with Crippen molar-refractivity contribution in [1.82, 2.24) is 0 Å². The zero-order chi connectivity index (χ0) is 12.3. The molecule has 0 fully saturated rings. The Morgan fingerprint density at radius 3 is 2.50 bits per heavy atom. The van der Waals surface area contributed by atoms with Crippen LogP contribution in [-0.4, -0.2) is 25.1 Å². The first-order valence-electron chi connectivity index (χ1n) is 4.21. The molecule has 2 N–H and O–H groups in total. The van der Waals surface area contributed by atoms with Gasteiger partial charge in [-0.15, -0.1) is 0 Å². The van der Waals surface area contributed by atoms with Gasteiger partial charge in [0.25, 0.3) is 5.69 Å². The molecule has 16 heavy (non-hydrogen) atoms. The molecule has 0 saturated heterocycles. The number of carbonyl (C=O) groups is 1. The van der Waals surface area contributed by atoms with Crippen LogP contribution in [0.15, 0.2) is 12.1 Å². The van der Waals surface area contributed by atoms with E-state index in [-0.39, 0.29) is 22.7 Å². The number of benzene rings is 1. The fourth-order valence-corrected chi connectivity index (χ4v) is 1.23. The number of non-ortho nitro benzene ring substituents is 1. The van der Waals surface area contributed by atoms with Crippen LogP contribution in [-0.2, 0) is 4.74 Å². The smallest absolute Gasteiger partial charge is 0.341 e. The molecule has 7 nitrogen and oxygen atoms in total. The number of hydrogen-bond donors (Lipinski definition) is 1. The van der Waals surface area contributed by atoms with Crippen molar-refractivity contribution in [2.75, 3.05) is 20.0 Å². The number of nitro benzene ring substituents is 1. The van der Waals surface area contributed by atoms with Crippen LogP contribution in [0.1, 0.15) is 10.4 Å². The first kappa shape index (κ1) is 11.8. The summed E-state index contributed by atoms with van der Waals surface area (Å²) in [5.74, 6) is -0.676. The average molecular weight is 226 g/mol. The third-order valence-corrected chi connectivity index (χ3v) is 1.92. The number of esters is 1. The van der Waals surface area contributed by atoms with Gasteiger partial charge in [0.2, 0.25) is 0 Å². The minimum Gasteiger partial charge on any atom is -0.494 e. The number of hydrogen-bond acceptors (Lipinski definition) is 6. The van der Waals surface area contributed by atoms with E-state index in [0.29, 0.717) is 0 Å². The Kier molecular flexibility index (Phi) is 3.29. The summed E-state index contributed by atoms with van der Waals surface area (Å²) in [6, 6.07) is 2.17. The second kappa shape index (κ2) is 4.47. The lowest BCUT2D eigenvalue weighted by Crippen LogP contribution is -2.07. The molecule has 0 spiro atoms. The topological polar surface area (TPSA) is 105 Å². The highest BCUT2D eigenvalue weighted by molar-refractivity contribution is 5.95. The molecule has 0 atom stereocenters. The van der Waals surface area contributed by atoms with E-state index in [2.05, 4.69) is 4.74 Å². The van der Waals surface area contributed by atoms with E-state index < -0.39 is 10.9 Å². The zero-order valence-electron chi connectivity index (χ0n) is 8.72. The quantitative estimate of drug-likeness (QED) is 0.356. The first-order valence-corrected chi connectivity index (χ1v) is 4.21. The maximum absolute atomic E-state index is 11.3. The number of ether oxygens (including phenoxy) is 2. The van der Waals surface area contributed by atoms with Gasteiger partial charge in [0, 0.05) is 12.1 Å². The number of nitrogens with zero attached hydrogens (tertiary/aromatic N) is 1. The highest BCUT2D eigenvalue weighted by atomic mass is 16.6. The number of nitro groups is 1. The van der Waals surface area contributed by atoms with Crippen molar-refractivity contribution < 1.29 is 19.2 Å². The highest BCUT2D eigenvalue weighted by Gasteiger charge is 2.21. The summed E-state index contributed by atoms with van der Waals surface area (Å²) >= 11 is 0. The van der Waals surface area contributed by atoms with Crippen LogP contribution < -0.4 is 10.5 Å². The normalized spacial score (nSPS) is 9.62. The minimum atomic E-state index is -0.743. The fraction of sp³-hybridized carbons (Fsp3) is 0.222. The molecule has 0 amide bonds. The molecule has 1 aromatic rings. The number of carbonyl (C=O) groups excluding carboxylic acids is 1. The second-order valence-electron chi connectivity index (χ2n) is 2.86. The SMILES string of the molecule is COC(=O)c1cc([N+](=O)[O-])cc(N)c1OC. The standard InChI is InChI=1S/C9H10N2O5/c1-15-8-6(9(12)16-2)3-5(11(13)14)4-7(8)10/h3-4H,10H2,1-2H3. The molecule has 0 unspecified atom stereocenters. The van der Waals surface area contributed by atoms with Gasteiger partial charge in [-0.2, -0.15) is 0 Å². The molecule has 0 aromatic heterocycles. The third-order valence-electron chi connectivity index (χ3n) is 1.92. The van der Waals surface area contributed by atoms with Crippen LogP contribution in [0.2, 0.25) is 0 Å². The van der Waals surface area contributed by atoms with Gasteiger partial charge < -0.3 is 15.2 Å². The Hall–Kier alpha value is -2.31. The Balaban J connectivity index is 3.42.